The number of aromatic nitrogens is 2. The van der Waals surface area contributed by atoms with Crippen LogP contribution in [0.5, 0.6) is 0 Å². The van der Waals surface area contributed by atoms with Crippen LogP contribution in [0.4, 0.5) is 5.13 Å². The molecule has 2 heterocycles. The Kier molecular flexibility index (Phi) is 4.33. The summed E-state index contributed by atoms with van der Waals surface area (Å²) in [4.78, 5) is 2.20. The highest BCUT2D eigenvalue weighted by Crippen LogP contribution is 2.18. The largest absolute Gasteiger partial charge is 0.469 e. The van der Waals surface area contributed by atoms with Crippen LogP contribution in [-0.2, 0) is 13.1 Å². The molecule has 0 saturated heterocycles. The predicted molar refractivity (Wildman–Crippen MR) is 72.7 cm³/mol. The first-order chi connectivity index (χ1) is 8.69. The summed E-state index contributed by atoms with van der Waals surface area (Å²) in [5.41, 5.74) is 1.22. The molecule has 5 nitrogen and oxygen atoms in total. The molecule has 1 N–H and O–H groups in total. The third-order valence-electron chi connectivity index (χ3n) is 2.61. The van der Waals surface area contributed by atoms with Crippen LogP contribution >= 0.6 is 11.3 Å². The maximum Gasteiger partial charge on any atom is 0.205 e. The fourth-order valence-corrected chi connectivity index (χ4v) is 2.58. The SMILES string of the molecule is CCNc1nnc(CN(C)Cc2ccoc2C)s1. The van der Waals surface area contributed by atoms with Gasteiger partial charge >= 0.3 is 0 Å². The predicted octanol–water partition coefficient (Wildman–Crippen LogP) is 2.50. The van der Waals surface area contributed by atoms with Gasteiger partial charge < -0.3 is 9.73 Å². The van der Waals surface area contributed by atoms with Crippen molar-refractivity contribution in [3.05, 3.63) is 28.7 Å². The summed E-state index contributed by atoms with van der Waals surface area (Å²) in [5, 5.41) is 13.3. The molecule has 6 heteroatoms. The summed E-state index contributed by atoms with van der Waals surface area (Å²) in [6, 6.07) is 2.01. The number of nitrogens with zero attached hydrogens (tertiary/aromatic N) is 3. The monoisotopic (exact) mass is 266 g/mol. The zero-order valence-corrected chi connectivity index (χ0v) is 11.8. The second kappa shape index (κ2) is 5.97. The first-order valence-corrected chi connectivity index (χ1v) is 6.78. The fraction of sp³-hybridized carbons (Fsp3) is 0.500. The van der Waals surface area contributed by atoms with Gasteiger partial charge in [-0.05, 0) is 27.0 Å². The van der Waals surface area contributed by atoms with Crippen molar-refractivity contribution in [2.75, 3.05) is 18.9 Å². The minimum absolute atomic E-state index is 0.799. The molecule has 18 heavy (non-hydrogen) atoms. The maximum atomic E-state index is 5.29. The molecule has 0 fully saturated rings. The molecule has 2 aromatic heterocycles. The van der Waals surface area contributed by atoms with Gasteiger partial charge in [0.1, 0.15) is 10.8 Å². The van der Waals surface area contributed by atoms with Crippen LogP contribution in [0.2, 0.25) is 0 Å². The number of nitrogens with one attached hydrogen (secondary N) is 1. The van der Waals surface area contributed by atoms with Gasteiger partial charge in [0.25, 0.3) is 0 Å². The molecule has 0 aromatic carbocycles. The Morgan fingerprint density at radius 1 is 1.39 bits per heavy atom. The Balaban J connectivity index is 1.90. The van der Waals surface area contributed by atoms with Gasteiger partial charge in [0.15, 0.2) is 0 Å². The van der Waals surface area contributed by atoms with Crippen molar-refractivity contribution in [2.45, 2.75) is 26.9 Å². The zero-order valence-electron chi connectivity index (χ0n) is 10.9. The smallest absolute Gasteiger partial charge is 0.205 e. The number of aryl methyl sites for hydroxylation is 1. The molecule has 0 atom stereocenters. The van der Waals surface area contributed by atoms with Gasteiger partial charge in [-0.3, -0.25) is 4.90 Å². The molecule has 0 amide bonds. The third kappa shape index (κ3) is 3.30. The summed E-state index contributed by atoms with van der Waals surface area (Å²) in [7, 11) is 2.07. The van der Waals surface area contributed by atoms with Crippen molar-refractivity contribution in [1.29, 1.82) is 0 Å². The fourth-order valence-electron chi connectivity index (χ4n) is 1.69. The lowest BCUT2D eigenvalue weighted by molar-refractivity contribution is 0.315. The van der Waals surface area contributed by atoms with E-state index in [-0.39, 0.29) is 0 Å². The minimum Gasteiger partial charge on any atom is -0.469 e. The minimum atomic E-state index is 0.799. The van der Waals surface area contributed by atoms with Gasteiger partial charge in [0, 0.05) is 18.7 Å². The van der Waals surface area contributed by atoms with E-state index in [0.29, 0.717) is 0 Å². The second-order valence-electron chi connectivity index (χ2n) is 4.21. The summed E-state index contributed by atoms with van der Waals surface area (Å²) in [6.07, 6.45) is 1.73. The lowest BCUT2D eigenvalue weighted by Crippen LogP contribution is -2.17. The van der Waals surface area contributed by atoms with E-state index in [1.807, 2.05) is 13.0 Å². The zero-order chi connectivity index (χ0) is 13.0. The Morgan fingerprint density at radius 3 is 2.89 bits per heavy atom. The molecule has 0 aliphatic carbocycles. The molecular formula is C12H18N4OS. The molecule has 0 spiro atoms. The Labute approximate surface area is 111 Å². The van der Waals surface area contributed by atoms with E-state index < -0.39 is 0 Å². The highest BCUT2D eigenvalue weighted by atomic mass is 32.1. The molecule has 2 rings (SSSR count). The highest BCUT2D eigenvalue weighted by Gasteiger charge is 2.09. The lowest BCUT2D eigenvalue weighted by atomic mass is 10.2. The van der Waals surface area contributed by atoms with E-state index >= 15 is 0 Å². The maximum absolute atomic E-state index is 5.29. The summed E-state index contributed by atoms with van der Waals surface area (Å²) in [5.74, 6) is 0.979. The van der Waals surface area contributed by atoms with E-state index in [0.717, 1.165) is 35.5 Å². The van der Waals surface area contributed by atoms with Crippen LogP contribution in [0.25, 0.3) is 0 Å². The average Bonchev–Trinajstić information content (AvgIpc) is 2.90. The topological polar surface area (TPSA) is 54.2 Å². The van der Waals surface area contributed by atoms with Crippen molar-refractivity contribution in [2.24, 2.45) is 0 Å². The molecule has 0 aliphatic rings. The van der Waals surface area contributed by atoms with Gasteiger partial charge in [0.05, 0.1) is 12.8 Å². The van der Waals surface area contributed by atoms with Crippen LogP contribution in [0.1, 0.15) is 23.3 Å². The number of furan rings is 1. The third-order valence-corrected chi connectivity index (χ3v) is 3.47. The first-order valence-electron chi connectivity index (χ1n) is 5.96. The van der Waals surface area contributed by atoms with Gasteiger partial charge in [-0.2, -0.15) is 0 Å². The van der Waals surface area contributed by atoms with Crippen molar-refractivity contribution in [3.8, 4) is 0 Å². The quantitative estimate of drug-likeness (QED) is 0.870. The van der Waals surface area contributed by atoms with Crippen LogP contribution in [0, 0.1) is 6.92 Å². The normalized spacial score (nSPS) is 11.1. The molecule has 2 aromatic rings. The van der Waals surface area contributed by atoms with E-state index in [1.165, 1.54) is 5.56 Å². The number of rotatable bonds is 6. The Hall–Kier alpha value is -1.40. The van der Waals surface area contributed by atoms with Gasteiger partial charge in [-0.1, -0.05) is 11.3 Å². The van der Waals surface area contributed by atoms with Crippen molar-refractivity contribution >= 4 is 16.5 Å². The molecular weight excluding hydrogens is 248 g/mol. The summed E-state index contributed by atoms with van der Waals surface area (Å²) >= 11 is 1.60. The Morgan fingerprint density at radius 2 is 2.22 bits per heavy atom. The van der Waals surface area contributed by atoms with Crippen molar-refractivity contribution in [1.82, 2.24) is 15.1 Å². The van der Waals surface area contributed by atoms with Crippen molar-refractivity contribution in [3.63, 3.8) is 0 Å². The first kappa shape index (κ1) is 13.0. The van der Waals surface area contributed by atoms with E-state index in [2.05, 4.69) is 34.4 Å². The average molecular weight is 266 g/mol. The summed E-state index contributed by atoms with van der Waals surface area (Å²) < 4.78 is 5.29. The van der Waals surface area contributed by atoms with Crippen LogP contribution in [0.15, 0.2) is 16.7 Å². The van der Waals surface area contributed by atoms with Crippen LogP contribution < -0.4 is 5.32 Å². The standard InChI is InChI=1S/C12H18N4OS/c1-4-13-12-15-14-11(18-12)8-16(3)7-10-5-6-17-9(10)2/h5-6H,4,7-8H2,1-3H3,(H,13,15). The number of hydrogen-bond acceptors (Lipinski definition) is 6. The number of anilines is 1. The highest BCUT2D eigenvalue weighted by molar-refractivity contribution is 7.15. The molecule has 0 saturated carbocycles. The number of hydrogen-bond donors (Lipinski definition) is 1. The van der Waals surface area contributed by atoms with Crippen LogP contribution in [0.3, 0.4) is 0 Å². The van der Waals surface area contributed by atoms with E-state index in [1.54, 1.807) is 17.6 Å². The van der Waals surface area contributed by atoms with Crippen molar-refractivity contribution < 1.29 is 4.42 Å². The molecule has 0 radical (unpaired) electrons. The molecule has 0 bridgehead atoms. The van der Waals surface area contributed by atoms with Gasteiger partial charge in [-0.15, -0.1) is 10.2 Å². The van der Waals surface area contributed by atoms with Gasteiger partial charge in [-0.25, -0.2) is 0 Å². The van der Waals surface area contributed by atoms with E-state index in [9.17, 15) is 0 Å². The summed E-state index contributed by atoms with van der Waals surface area (Å²) in [6.45, 7) is 6.57. The molecule has 0 unspecified atom stereocenters. The van der Waals surface area contributed by atoms with Gasteiger partial charge in [0.2, 0.25) is 5.13 Å². The molecule has 98 valence electrons. The van der Waals surface area contributed by atoms with Crippen LogP contribution in [-0.4, -0.2) is 28.7 Å². The molecule has 0 aliphatic heterocycles. The Bertz CT molecular complexity index is 494. The van der Waals surface area contributed by atoms with E-state index in [4.69, 9.17) is 4.42 Å². The lowest BCUT2D eigenvalue weighted by Gasteiger charge is -2.13. The second-order valence-corrected chi connectivity index (χ2v) is 5.27.